The number of aliphatic hydroxyl groups is 1. The van der Waals surface area contributed by atoms with Gasteiger partial charge in [0.15, 0.2) is 5.78 Å². The molecule has 1 amide bonds. The summed E-state index contributed by atoms with van der Waals surface area (Å²) >= 11 is 0. The lowest BCUT2D eigenvalue weighted by Gasteiger charge is -2.04. The molecule has 0 radical (unpaired) electrons. The summed E-state index contributed by atoms with van der Waals surface area (Å²) in [5, 5.41) is 17.8. The number of aromatic amines is 1. The van der Waals surface area contributed by atoms with Gasteiger partial charge in [-0.25, -0.2) is 5.48 Å². The number of unbranched alkanes of at least 4 members (excludes halogenated alkanes) is 3. The van der Waals surface area contributed by atoms with E-state index in [0.717, 1.165) is 47.2 Å². The number of carbonyl (C=O) groups is 2. The normalized spacial score (nSPS) is 10.8. The minimum Gasteiger partial charge on any atom is -0.392 e. The van der Waals surface area contributed by atoms with Gasteiger partial charge in [0.2, 0.25) is 5.91 Å². The van der Waals surface area contributed by atoms with Crippen LogP contribution in [0.5, 0.6) is 0 Å². The Bertz CT molecular complexity index is 994. The van der Waals surface area contributed by atoms with E-state index in [1.807, 2.05) is 60.7 Å². The highest BCUT2D eigenvalue weighted by atomic mass is 16.5. The third-order valence-electron chi connectivity index (χ3n) is 5.31. The highest BCUT2D eigenvalue weighted by Crippen LogP contribution is 2.31. The van der Waals surface area contributed by atoms with E-state index in [2.05, 4.69) is 4.98 Å². The average molecular weight is 421 g/mol. The van der Waals surface area contributed by atoms with Crippen molar-refractivity contribution in [2.45, 2.75) is 45.1 Å². The van der Waals surface area contributed by atoms with Crippen molar-refractivity contribution in [1.82, 2.24) is 10.5 Å². The van der Waals surface area contributed by atoms with Crippen molar-refractivity contribution < 1.29 is 19.9 Å². The Morgan fingerprint density at radius 2 is 1.52 bits per heavy atom. The molecule has 31 heavy (non-hydrogen) atoms. The highest BCUT2D eigenvalue weighted by Gasteiger charge is 2.17. The Morgan fingerprint density at radius 3 is 2.16 bits per heavy atom. The van der Waals surface area contributed by atoms with Crippen LogP contribution < -0.4 is 5.48 Å². The number of nitrogens with one attached hydrogen (secondary N) is 2. The van der Waals surface area contributed by atoms with Gasteiger partial charge in [0.05, 0.1) is 12.3 Å². The number of aromatic nitrogens is 1. The molecule has 3 aromatic rings. The van der Waals surface area contributed by atoms with Crippen LogP contribution in [0, 0.1) is 0 Å². The molecule has 6 nitrogen and oxygen atoms in total. The van der Waals surface area contributed by atoms with Crippen molar-refractivity contribution in [2.24, 2.45) is 0 Å². The summed E-state index contributed by atoms with van der Waals surface area (Å²) in [5.74, 6) is -0.320. The van der Waals surface area contributed by atoms with Crippen LogP contribution in [-0.2, 0) is 11.4 Å². The quantitative estimate of drug-likeness (QED) is 0.154. The van der Waals surface area contributed by atoms with E-state index in [0.29, 0.717) is 18.5 Å². The van der Waals surface area contributed by atoms with E-state index in [-0.39, 0.29) is 24.7 Å². The summed E-state index contributed by atoms with van der Waals surface area (Å²) in [5.41, 5.74) is 6.75. The highest BCUT2D eigenvalue weighted by molar-refractivity contribution is 6.02. The van der Waals surface area contributed by atoms with E-state index in [1.54, 1.807) is 5.48 Å². The fraction of sp³-hybridized carbons (Fsp3) is 0.280. The molecule has 0 aliphatic rings. The molecule has 0 unspecified atom stereocenters. The second kappa shape index (κ2) is 11.2. The van der Waals surface area contributed by atoms with Gasteiger partial charge in [-0.1, -0.05) is 67.4 Å². The second-order valence-electron chi connectivity index (χ2n) is 7.57. The topological polar surface area (TPSA) is 102 Å². The number of rotatable bonds is 11. The van der Waals surface area contributed by atoms with E-state index in [1.165, 1.54) is 0 Å². The van der Waals surface area contributed by atoms with Crippen molar-refractivity contribution in [3.63, 3.8) is 0 Å². The molecule has 162 valence electrons. The van der Waals surface area contributed by atoms with Gasteiger partial charge < -0.3 is 10.1 Å². The Balaban J connectivity index is 1.72. The average Bonchev–Trinajstić information content (AvgIpc) is 3.27. The van der Waals surface area contributed by atoms with Gasteiger partial charge in [0, 0.05) is 24.1 Å². The van der Waals surface area contributed by atoms with Crippen molar-refractivity contribution >= 4 is 11.7 Å². The van der Waals surface area contributed by atoms with Gasteiger partial charge in [0.25, 0.3) is 0 Å². The molecule has 1 heterocycles. The molecular formula is C25H28N2O4. The van der Waals surface area contributed by atoms with Crippen LogP contribution >= 0.6 is 0 Å². The van der Waals surface area contributed by atoms with E-state index >= 15 is 0 Å². The Labute approximate surface area is 181 Å². The van der Waals surface area contributed by atoms with Crippen LogP contribution in [0.1, 0.15) is 54.6 Å². The molecule has 0 atom stereocenters. The second-order valence-corrected chi connectivity index (χ2v) is 7.57. The molecular weight excluding hydrogens is 392 g/mol. The van der Waals surface area contributed by atoms with E-state index in [4.69, 9.17) is 5.21 Å². The molecule has 0 fully saturated rings. The molecule has 3 rings (SSSR count). The number of hydrogen-bond donors (Lipinski definition) is 4. The fourth-order valence-electron chi connectivity index (χ4n) is 3.57. The van der Waals surface area contributed by atoms with Crippen LogP contribution in [0.25, 0.3) is 22.4 Å². The van der Waals surface area contributed by atoms with Gasteiger partial charge in [-0.3, -0.25) is 14.8 Å². The summed E-state index contributed by atoms with van der Waals surface area (Å²) in [7, 11) is 0. The van der Waals surface area contributed by atoms with Gasteiger partial charge in [-0.05, 0) is 35.6 Å². The molecule has 6 heteroatoms. The van der Waals surface area contributed by atoms with Crippen molar-refractivity contribution in [2.75, 3.05) is 0 Å². The number of Topliss-reactive ketones (excluding diaryl/α,β-unsaturated/α-hetero) is 1. The lowest BCUT2D eigenvalue weighted by molar-refractivity contribution is -0.129. The zero-order chi connectivity index (χ0) is 22.1. The molecule has 0 aliphatic carbocycles. The maximum Gasteiger partial charge on any atom is 0.243 e. The van der Waals surface area contributed by atoms with Crippen LogP contribution in [0.3, 0.4) is 0 Å². The predicted octanol–water partition coefficient (Wildman–Crippen LogP) is 4.87. The van der Waals surface area contributed by atoms with Gasteiger partial charge >= 0.3 is 0 Å². The summed E-state index contributed by atoms with van der Waals surface area (Å²) in [6.45, 7) is -0.00528. The summed E-state index contributed by atoms with van der Waals surface area (Å²) in [6.07, 6.45) is 3.83. The lowest BCUT2D eigenvalue weighted by atomic mass is 10.0. The van der Waals surface area contributed by atoms with Gasteiger partial charge in [0.1, 0.15) is 0 Å². The zero-order valence-corrected chi connectivity index (χ0v) is 17.4. The Kier molecular flexibility index (Phi) is 8.15. The number of amides is 1. The minimum absolute atomic E-state index is 0.00528. The summed E-state index contributed by atoms with van der Waals surface area (Å²) in [4.78, 5) is 27.4. The largest absolute Gasteiger partial charge is 0.392 e. The van der Waals surface area contributed by atoms with E-state index in [9.17, 15) is 14.7 Å². The smallest absolute Gasteiger partial charge is 0.243 e. The molecule has 0 aliphatic heterocycles. The third-order valence-corrected chi connectivity index (χ3v) is 5.31. The number of carbonyl (C=O) groups excluding carboxylic acids is 2. The first kappa shape index (κ1) is 22.5. The van der Waals surface area contributed by atoms with Crippen molar-refractivity contribution in [3.05, 3.63) is 71.9 Å². The number of hydrogen-bond acceptors (Lipinski definition) is 4. The molecule has 2 aromatic carbocycles. The summed E-state index contributed by atoms with van der Waals surface area (Å²) in [6, 6.07) is 19.5. The number of benzene rings is 2. The number of H-pyrrole nitrogens is 1. The lowest BCUT2D eigenvalue weighted by Crippen LogP contribution is -2.17. The van der Waals surface area contributed by atoms with Gasteiger partial charge in [-0.15, -0.1) is 0 Å². The SMILES string of the molecule is O=C(CCCCCCC(=O)c1[nH]c(-c2ccc(CO)cc2)cc1-c1ccccc1)NO. The molecule has 1 aromatic heterocycles. The fourth-order valence-corrected chi connectivity index (χ4v) is 3.57. The molecule has 0 bridgehead atoms. The standard InChI is InChI=1S/C25H28N2O4/c28-17-18-12-14-20(15-13-18)22-16-21(19-8-4-3-5-9-19)25(26-22)23(29)10-6-1-2-7-11-24(30)27-31/h3-5,8-9,12-16,26,28,31H,1-2,6-7,10-11,17H2,(H,27,30). The number of hydroxylamine groups is 1. The number of aliphatic hydroxyl groups excluding tert-OH is 1. The zero-order valence-electron chi connectivity index (χ0n) is 17.4. The first-order valence-electron chi connectivity index (χ1n) is 10.6. The van der Waals surface area contributed by atoms with E-state index < -0.39 is 0 Å². The van der Waals surface area contributed by atoms with Crippen LogP contribution in [0.2, 0.25) is 0 Å². The maximum absolute atomic E-state index is 13.0. The predicted molar refractivity (Wildman–Crippen MR) is 120 cm³/mol. The molecule has 0 spiro atoms. The summed E-state index contributed by atoms with van der Waals surface area (Å²) < 4.78 is 0. The van der Waals surface area contributed by atoms with Crippen LogP contribution in [0.15, 0.2) is 60.7 Å². The van der Waals surface area contributed by atoms with Gasteiger partial charge in [-0.2, -0.15) is 0 Å². The molecule has 0 saturated carbocycles. The van der Waals surface area contributed by atoms with Crippen molar-refractivity contribution in [3.8, 4) is 22.4 Å². The first-order valence-corrected chi connectivity index (χ1v) is 10.6. The Hall–Kier alpha value is -3.22. The van der Waals surface area contributed by atoms with Crippen molar-refractivity contribution in [1.29, 1.82) is 0 Å². The molecule has 0 saturated heterocycles. The monoisotopic (exact) mass is 420 g/mol. The maximum atomic E-state index is 13.0. The van der Waals surface area contributed by atoms with Crippen LogP contribution in [0.4, 0.5) is 0 Å². The third kappa shape index (κ3) is 6.13. The number of ketones is 1. The first-order chi connectivity index (χ1) is 15.1. The van der Waals surface area contributed by atoms with Crippen LogP contribution in [-0.4, -0.2) is 27.0 Å². The Morgan fingerprint density at radius 1 is 0.839 bits per heavy atom. The molecule has 4 N–H and O–H groups in total. The minimum atomic E-state index is -0.380.